The molecule has 0 spiro atoms. The van der Waals surface area contributed by atoms with Gasteiger partial charge in [-0.2, -0.15) is 0 Å². The minimum Gasteiger partial charge on any atom is -0.326 e. The van der Waals surface area contributed by atoms with Crippen LogP contribution in [0, 0.1) is 5.82 Å². The van der Waals surface area contributed by atoms with Crippen LogP contribution in [0.3, 0.4) is 0 Å². The normalized spacial score (nSPS) is 14.8. The first-order valence-electron chi connectivity index (χ1n) is 6.82. The van der Waals surface area contributed by atoms with E-state index in [-0.39, 0.29) is 17.9 Å². The largest absolute Gasteiger partial charge is 0.326 e. The average Bonchev–Trinajstić information content (AvgIpc) is 2.38. The van der Waals surface area contributed by atoms with Crippen LogP contribution in [-0.4, -0.2) is 24.5 Å². The van der Waals surface area contributed by atoms with Gasteiger partial charge < -0.3 is 5.73 Å². The van der Waals surface area contributed by atoms with E-state index in [0.717, 1.165) is 25.8 Å². The molecular formula is C15H25FN2. The fourth-order valence-electron chi connectivity index (χ4n) is 2.28. The molecular weight excluding hydrogens is 227 g/mol. The second-order valence-electron chi connectivity index (χ2n) is 4.87. The molecule has 1 aromatic rings. The predicted molar refractivity (Wildman–Crippen MR) is 74.9 cm³/mol. The van der Waals surface area contributed by atoms with Crippen molar-refractivity contribution in [3.05, 3.63) is 35.6 Å². The summed E-state index contributed by atoms with van der Waals surface area (Å²) in [6, 6.07) is 6.88. The maximum absolute atomic E-state index is 13.9. The number of nitrogens with zero attached hydrogens (tertiary/aromatic N) is 1. The Balaban J connectivity index is 2.94. The number of halogens is 1. The molecule has 102 valence electrons. The van der Waals surface area contributed by atoms with E-state index in [4.69, 9.17) is 5.73 Å². The first kappa shape index (κ1) is 15.1. The first-order valence-corrected chi connectivity index (χ1v) is 6.82. The fourth-order valence-corrected chi connectivity index (χ4v) is 2.28. The molecule has 2 unspecified atom stereocenters. The van der Waals surface area contributed by atoms with Gasteiger partial charge in [0.1, 0.15) is 5.82 Å². The number of nitrogens with two attached hydrogens (primary N) is 1. The van der Waals surface area contributed by atoms with Crippen LogP contribution in [0.15, 0.2) is 24.3 Å². The van der Waals surface area contributed by atoms with E-state index in [9.17, 15) is 4.39 Å². The maximum atomic E-state index is 13.9. The summed E-state index contributed by atoms with van der Waals surface area (Å²) in [5.74, 6) is -0.158. The van der Waals surface area contributed by atoms with Gasteiger partial charge in [0.25, 0.3) is 0 Å². The van der Waals surface area contributed by atoms with E-state index >= 15 is 0 Å². The summed E-state index contributed by atoms with van der Waals surface area (Å²) < 4.78 is 13.9. The lowest BCUT2D eigenvalue weighted by atomic mass is 9.96. The summed E-state index contributed by atoms with van der Waals surface area (Å²) in [5, 5.41) is 0. The van der Waals surface area contributed by atoms with Crippen molar-refractivity contribution in [3.8, 4) is 0 Å². The van der Waals surface area contributed by atoms with E-state index in [1.54, 1.807) is 6.07 Å². The fraction of sp³-hybridized carbons (Fsp3) is 0.600. The molecule has 0 aliphatic rings. The smallest absolute Gasteiger partial charge is 0.128 e. The quantitative estimate of drug-likeness (QED) is 0.806. The summed E-state index contributed by atoms with van der Waals surface area (Å²) in [4.78, 5) is 2.18. The van der Waals surface area contributed by atoms with Gasteiger partial charge in [-0.05, 0) is 32.5 Å². The van der Waals surface area contributed by atoms with Gasteiger partial charge in [-0.15, -0.1) is 0 Å². The number of unbranched alkanes of at least 4 members (excludes halogenated alkanes) is 1. The number of likely N-dealkylation sites (N-methyl/N-ethyl adjacent to an activating group) is 1. The van der Waals surface area contributed by atoms with Gasteiger partial charge in [-0.1, -0.05) is 38.5 Å². The van der Waals surface area contributed by atoms with Gasteiger partial charge in [0.2, 0.25) is 0 Å². The van der Waals surface area contributed by atoms with E-state index in [1.807, 2.05) is 26.1 Å². The van der Waals surface area contributed by atoms with Crippen LogP contribution in [-0.2, 0) is 0 Å². The molecule has 0 radical (unpaired) electrons. The molecule has 0 aliphatic heterocycles. The number of benzene rings is 1. The summed E-state index contributed by atoms with van der Waals surface area (Å²) >= 11 is 0. The second-order valence-corrected chi connectivity index (χ2v) is 4.87. The monoisotopic (exact) mass is 252 g/mol. The Bertz CT molecular complexity index is 354. The van der Waals surface area contributed by atoms with Crippen molar-refractivity contribution < 1.29 is 4.39 Å². The summed E-state index contributed by atoms with van der Waals surface area (Å²) in [6.07, 6.45) is 3.09. The summed E-state index contributed by atoms with van der Waals surface area (Å²) in [7, 11) is 2.03. The Kier molecular flexibility index (Phi) is 6.30. The minimum atomic E-state index is -0.158. The molecule has 0 bridgehead atoms. The van der Waals surface area contributed by atoms with Gasteiger partial charge in [-0.3, -0.25) is 4.90 Å². The van der Waals surface area contributed by atoms with Crippen LogP contribution in [0.4, 0.5) is 4.39 Å². The molecule has 18 heavy (non-hydrogen) atoms. The average molecular weight is 252 g/mol. The Morgan fingerprint density at radius 3 is 2.50 bits per heavy atom. The van der Waals surface area contributed by atoms with Crippen LogP contribution in [0.25, 0.3) is 0 Å². The lowest BCUT2D eigenvalue weighted by Crippen LogP contribution is -2.39. The van der Waals surface area contributed by atoms with Crippen LogP contribution in [0.1, 0.15) is 44.7 Å². The van der Waals surface area contributed by atoms with Crippen molar-refractivity contribution in [3.63, 3.8) is 0 Å². The Morgan fingerprint density at radius 1 is 1.28 bits per heavy atom. The second kappa shape index (κ2) is 7.49. The molecule has 0 heterocycles. The Hall–Kier alpha value is -0.930. The van der Waals surface area contributed by atoms with E-state index in [0.29, 0.717) is 5.56 Å². The first-order chi connectivity index (χ1) is 8.61. The third-order valence-corrected chi connectivity index (χ3v) is 3.44. The van der Waals surface area contributed by atoms with E-state index < -0.39 is 0 Å². The van der Waals surface area contributed by atoms with Gasteiger partial charge in [0.15, 0.2) is 0 Å². The summed E-state index contributed by atoms with van der Waals surface area (Å²) in [5.41, 5.74) is 6.90. The number of hydrogen-bond donors (Lipinski definition) is 1. The Labute approximate surface area is 110 Å². The van der Waals surface area contributed by atoms with Crippen molar-refractivity contribution >= 4 is 0 Å². The third kappa shape index (κ3) is 3.79. The van der Waals surface area contributed by atoms with Gasteiger partial charge in [-0.25, -0.2) is 4.39 Å². The van der Waals surface area contributed by atoms with Crippen molar-refractivity contribution in [2.45, 2.75) is 45.2 Å². The van der Waals surface area contributed by atoms with Crippen LogP contribution < -0.4 is 5.73 Å². The molecule has 0 aliphatic carbocycles. The molecule has 2 nitrogen and oxygen atoms in total. The van der Waals surface area contributed by atoms with Gasteiger partial charge >= 0.3 is 0 Å². The number of hydrogen-bond acceptors (Lipinski definition) is 2. The Morgan fingerprint density at radius 2 is 1.94 bits per heavy atom. The minimum absolute atomic E-state index is 0.0382. The molecule has 3 heteroatoms. The third-order valence-electron chi connectivity index (χ3n) is 3.44. The van der Waals surface area contributed by atoms with Crippen LogP contribution >= 0.6 is 0 Å². The van der Waals surface area contributed by atoms with Gasteiger partial charge in [0, 0.05) is 11.6 Å². The standard InChI is InChI=1S/C15H25FN2/c1-4-6-11-18(3)15(14(17)5-2)12-9-7-8-10-13(12)16/h7-10,14-15H,4-6,11,17H2,1-3H3. The zero-order valence-electron chi connectivity index (χ0n) is 11.7. The van der Waals surface area contributed by atoms with Crippen LogP contribution in [0.5, 0.6) is 0 Å². The molecule has 0 amide bonds. The molecule has 1 rings (SSSR count). The predicted octanol–water partition coefficient (Wildman–Crippen LogP) is 3.34. The van der Waals surface area contributed by atoms with Gasteiger partial charge in [0.05, 0.1) is 6.04 Å². The SMILES string of the molecule is CCCCN(C)C(c1ccccc1F)C(N)CC. The highest BCUT2D eigenvalue weighted by molar-refractivity contribution is 5.22. The van der Waals surface area contributed by atoms with E-state index in [1.165, 1.54) is 6.07 Å². The highest BCUT2D eigenvalue weighted by Crippen LogP contribution is 2.26. The molecule has 2 N–H and O–H groups in total. The molecule has 1 aromatic carbocycles. The zero-order valence-corrected chi connectivity index (χ0v) is 11.7. The topological polar surface area (TPSA) is 29.3 Å². The molecule has 0 saturated heterocycles. The van der Waals surface area contributed by atoms with Crippen molar-refractivity contribution in [2.24, 2.45) is 5.73 Å². The molecule has 0 saturated carbocycles. The van der Waals surface area contributed by atoms with Crippen molar-refractivity contribution in [1.29, 1.82) is 0 Å². The van der Waals surface area contributed by atoms with E-state index in [2.05, 4.69) is 11.8 Å². The maximum Gasteiger partial charge on any atom is 0.128 e. The zero-order chi connectivity index (χ0) is 13.5. The van der Waals surface area contributed by atoms with Crippen molar-refractivity contribution in [2.75, 3.05) is 13.6 Å². The lowest BCUT2D eigenvalue weighted by Gasteiger charge is -2.33. The molecule has 0 fully saturated rings. The van der Waals surface area contributed by atoms with Crippen molar-refractivity contribution in [1.82, 2.24) is 4.90 Å². The number of rotatable bonds is 7. The summed E-state index contributed by atoms with van der Waals surface area (Å²) in [6.45, 7) is 5.15. The van der Waals surface area contributed by atoms with Crippen LogP contribution in [0.2, 0.25) is 0 Å². The molecule has 0 aromatic heterocycles. The lowest BCUT2D eigenvalue weighted by molar-refractivity contribution is 0.202. The highest BCUT2D eigenvalue weighted by atomic mass is 19.1. The molecule has 2 atom stereocenters. The highest BCUT2D eigenvalue weighted by Gasteiger charge is 2.25.